The molecular formula is C16H16N2. The Bertz CT molecular complexity index is 640. The van der Waals surface area contributed by atoms with Gasteiger partial charge in [0.15, 0.2) is 0 Å². The van der Waals surface area contributed by atoms with E-state index in [1.165, 1.54) is 22.0 Å². The summed E-state index contributed by atoms with van der Waals surface area (Å²) in [5.74, 6) is 0. The molecule has 0 amide bonds. The predicted molar refractivity (Wildman–Crippen MR) is 75.4 cm³/mol. The van der Waals surface area contributed by atoms with Gasteiger partial charge in [0.25, 0.3) is 0 Å². The van der Waals surface area contributed by atoms with Crippen molar-refractivity contribution in [1.29, 1.82) is 0 Å². The average molecular weight is 236 g/mol. The van der Waals surface area contributed by atoms with Gasteiger partial charge in [0, 0.05) is 23.1 Å². The van der Waals surface area contributed by atoms with Crippen LogP contribution in [0.5, 0.6) is 0 Å². The second-order valence-corrected chi connectivity index (χ2v) is 4.58. The first kappa shape index (κ1) is 11.1. The van der Waals surface area contributed by atoms with Crippen LogP contribution in [-0.2, 0) is 6.42 Å². The minimum atomic E-state index is 0.0467. The fourth-order valence-corrected chi connectivity index (χ4v) is 2.36. The highest BCUT2D eigenvalue weighted by Gasteiger charge is 2.09. The molecule has 0 saturated carbocycles. The van der Waals surface area contributed by atoms with Gasteiger partial charge in [-0.3, -0.25) is 0 Å². The van der Waals surface area contributed by atoms with Crippen molar-refractivity contribution in [3.8, 4) is 0 Å². The number of nitrogens with one attached hydrogen (secondary N) is 1. The Morgan fingerprint density at radius 2 is 1.67 bits per heavy atom. The molecule has 0 fully saturated rings. The third-order valence-corrected chi connectivity index (χ3v) is 3.34. The number of aromatic nitrogens is 1. The van der Waals surface area contributed by atoms with Crippen LogP contribution >= 0.6 is 0 Å². The Labute approximate surface area is 106 Å². The molecule has 0 aliphatic carbocycles. The molecule has 18 heavy (non-hydrogen) atoms. The van der Waals surface area contributed by atoms with Crippen molar-refractivity contribution in [2.75, 3.05) is 0 Å². The highest BCUT2D eigenvalue weighted by Crippen LogP contribution is 2.22. The lowest BCUT2D eigenvalue weighted by Crippen LogP contribution is -2.12. The van der Waals surface area contributed by atoms with Crippen molar-refractivity contribution in [3.63, 3.8) is 0 Å². The Hall–Kier alpha value is -2.06. The lowest BCUT2D eigenvalue weighted by Gasteiger charge is -2.11. The third-order valence-electron chi connectivity index (χ3n) is 3.34. The number of H-pyrrole nitrogens is 1. The first-order chi connectivity index (χ1) is 8.84. The van der Waals surface area contributed by atoms with Gasteiger partial charge in [-0.2, -0.15) is 0 Å². The summed E-state index contributed by atoms with van der Waals surface area (Å²) in [6, 6.07) is 18.6. The molecule has 0 radical (unpaired) electrons. The number of rotatable bonds is 3. The highest BCUT2D eigenvalue weighted by molar-refractivity contribution is 5.83. The predicted octanol–water partition coefficient (Wildman–Crippen LogP) is 3.41. The molecule has 0 saturated heterocycles. The van der Waals surface area contributed by atoms with Crippen molar-refractivity contribution in [2.45, 2.75) is 12.5 Å². The van der Waals surface area contributed by atoms with E-state index >= 15 is 0 Å². The maximum absolute atomic E-state index is 6.26. The van der Waals surface area contributed by atoms with E-state index in [1.807, 2.05) is 24.3 Å². The molecule has 0 spiro atoms. The summed E-state index contributed by atoms with van der Waals surface area (Å²) in [6.45, 7) is 0. The van der Waals surface area contributed by atoms with E-state index in [2.05, 4.69) is 41.5 Å². The Morgan fingerprint density at radius 1 is 0.944 bits per heavy atom. The molecule has 1 unspecified atom stereocenters. The van der Waals surface area contributed by atoms with E-state index in [-0.39, 0.29) is 6.04 Å². The van der Waals surface area contributed by atoms with Crippen LogP contribution in [0.15, 0.2) is 60.8 Å². The topological polar surface area (TPSA) is 41.8 Å². The zero-order valence-electron chi connectivity index (χ0n) is 10.1. The van der Waals surface area contributed by atoms with Crippen LogP contribution in [0.25, 0.3) is 10.9 Å². The number of hydrogen-bond acceptors (Lipinski definition) is 1. The van der Waals surface area contributed by atoms with Crippen LogP contribution in [0.1, 0.15) is 17.2 Å². The highest BCUT2D eigenvalue weighted by atomic mass is 14.7. The van der Waals surface area contributed by atoms with Crippen molar-refractivity contribution in [2.24, 2.45) is 5.73 Å². The molecular weight excluding hydrogens is 220 g/mol. The van der Waals surface area contributed by atoms with Crippen molar-refractivity contribution >= 4 is 10.9 Å². The van der Waals surface area contributed by atoms with Crippen LogP contribution in [0, 0.1) is 0 Å². The molecule has 3 N–H and O–H groups in total. The maximum atomic E-state index is 6.26. The van der Waals surface area contributed by atoms with E-state index in [4.69, 9.17) is 5.73 Å². The molecule has 3 aromatic rings. The number of fused-ring (bicyclic) bond motifs is 1. The molecule has 2 heteroatoms. The second kappa shape index (κ2) is 4.67. The summed E-state index contributed by atoms with van der Waals surface area (Å²) in [5, 5.41) is 1.27. The monoisotopic (exact) mass is 236 g/mol. The molecule has 2 aromatic carbocycles. The molecule has 3 rings (SSSR count). The minimum Gasteiger partial charge on any atom is -0.361 e. The van der Waals surface area contributed by atoms with Gasteiger partial charge in [-0.25, -0.2) is 0 Å². The average Bonchev–Trinajstić information content (AvgIpc) is 2.83. The van der Waals surface area contributed by atoms with Gasteiger partial charge in [-0.1, -0.05) is 48.5 Å². The molecule has 2 nitrogen and oxygen atoms in total. The van der Waals surface area contributed by atoms with Crippen LogP contribution < -0.4 is 5.73 Å². The van der Waals surface area contributed by atoms with Gasteiger partial charge in [-0.05, 0) is 23.6 Å². The maximum Gasteiger partial charge on any atom is 0.0456 e. The van der Waals surface area contributed by atoms with Gasteiger partial charge in [0.2, 0.25) is 0 Å². The Kier molecular flexibility index (Phi) is 2.87. The van der Waals surface area contributed by atoms with E-state index in [1.54, 1.807) is 0 Å². The zero-order chi connectivity index (χ0) is 12.4. The Balaban J connectivity index is 1.89. The van der Waals surface area contributed by atoms with Crippen LogP contribution in [0.4, 0.5) is 0 Å². The molecule has 90 valence electrons. The molecule has 0 aliphatic rings. The fourth-order valence-electron chi connectivity index (χ4n) is 2.36. The molecule has 1 atom stereocenters. The molecule has 1 heterocycles. The first-order valence-electron chi connectivity index (χ1n) is 6.20. The van der Waals surface area contributed by atoms with E-state index < -0.39 is 0 Å². The SMILES string of the molecule is NC(Cc1c[nH]c2ccccc12)c1ccccc1. The van der Waals surface area contributed by atoms with E-state index in [9.17, 15) is 0 Å². The third kappa shape index (κ3) is 2.03. The van der Waals surface area contributed by atoms with Crippen LogP contribution in [0.2, 0.25) is 0 Å². The summed E-state index contributed by atoms with van der Waals surface area (Å²) < 4.78 is 0. The lowest BCUT2D eigenvalue weighted by molar-refractivity contribution is 0.725. The van der Waals surface area contributed by atoms with Gasteiger partial charge in [0.1, 0.15) is 0 Å². The van der Waals surface area contributed by atoms with Gasteiger partial charge in [0.05, 0.1) is 0 Å². The number of hydrogen-bond donors (Lipinski definition) is 2. The van der Waals surface area contributed by atoms with Crippen LogP contribution in [-0.4, -0.2) is 4.98 Å². The number of para-hydroxylation sites is 1. The summed E-state index contributed by atoms with van der Waals surface area (Å²) in [6.07, 6.45) is 2.92. The Morgan fingerprint density at radius 3 is 2.50 bits per heavy atom. The van der Waals surface area contributed by atoms with Gasteiger partial charge >= 0.3 is 0 Å². The van der Waals surface area contributed by atoms with Crippen molar-refractivity contribution < 1.29 is 0 Å². The smallest absolute Gasteiger partial charge is 0.0456 e. The normalized spacial score (nSPS) is 12.7. The largest absolute Gasteiger partial charge is 0.361 e. The number of aromatic amines is 1. The lowest BCUT2D eigenvalue weighted by atomic mass is 9.99. The number of nitrogens with two attached hydrogens (primary N) is 1. The fraction of sp³-hybridized carbons (Fsp3) is 0.125. The van der Waals surface area contributed by atoms with E-state index in [0.29, 0.717) is 0 Å². The first-order valence-corrected chi connectivity index (χ1v) is 6.20. The zero-order valence-corrected chi connectivity index (χ0v) is 10.1. The summed E-state index contributed by atoms with van der Waals surface area (Å²) >= 11 is 0. The molecule has 1 aromatic heterocycles. The van der Waals surface area contributed by atoms with Crippen molar-refractivity contribution in [3.05, 3.63) is 71.9 Å². The summed E-state index contributed by atoms with van der Waals surface area (Å²) in [7, 11) is 0. The molecule has 0 aliphatic heterocycles. The summed E-state index contributed by atoms with van der Waals surface area (Å²) in [4.78, 5) is 3.29. The number of benzene rings is 2. The quantitative estimate of drug-likeness (QED) is 0.719. The van der Waals surface area contributed by atoms with E-state index in [0.717, 1.165) is 6.42 Å². The molecule has 0 bridgehead atoms. The van der Waals surface area contributed by atoms with Gasteiger partial charge < -0.3 is 10.7 Å². The minimum absolute atomic E-state index is 0.0467. The standard InChI is InChI=1S/C16H16N2/c17-15(12-6-2-1-3-7-12)10-13-11-18-16-9-5-4-8-14(13)16/h1-9,11,15,18H,10,17H2. The van der Waals surface area contributed by atoms with Crippen molar-refractivity contribution in [1.82, 2.24) is 4.98 Å². The second-order valence-electron chi connectivity index (χ2n) is 4.58. The van der Waals surface area contributed by atoms with Crippen LogP contribution in [0.3, 0.4) is 0 Å². The van der Waals surface area contributed by atoms with Gasteiger partial charge in [-0.15, -0.1) is 0 Å². The summed E-state index contributed by atoms with van der Waals surface area (Å²) in [5.41, 5.74) is 9.90.